The van der Waals surface area contributed by atoms with Gasteiger partial charge in [-0.3, -0.25) is 9.78 Å². The van der Waals surface area contributed by atoms with E-state index < -0.39 is 6.10 Å². The minimum atomic E-state index is -0.648. The van der Waals surface area contributed by atoms with Crippen LogP contribution in [0.2, 0.25) is 0 Å². The number of hydrogen-bond donors (Lipinski definition) is 3. The van der Waals surface area contributed by atoms with Crippen LogP contribution in [0.4, 0.5) is 5.82 Å². The fourth-order valence-electron chi connectivity index (χ4n) is 4.28. The molecule has 2 aliphatic rings. The number of aromatic nitrogens is 3. The van der Waals surface area contributed by atoms with E-state index in [4.69, 9.17) is 14.2 Å². The molecule has 5 rings (SSSR count). The number of rotatable bonds is 7. The molecule has 10 heteroatoms. The second-order valence-electron chi connectivity index (χ2n) is 8.48. The van der Waals surface area contributed by atoms with E-state index in [9.17, 15) is 9.90 Å². The maximum absolute atomic E-state index is 11.5. The Labute approximate surface area is 196 Å². The first kappa shape index (κ1) is 22.5. The summed E-state index contributed by atoms with van der Waals surface area (Å²) >= 11 is 0. The molecule has 5 heterocycles. The van der Waals surface area contributed by atoms with E-state index in [2.05, 4.69) is 25.6 Å². The first-order valence-corrected chi connectivity index (χ1v) is 11.3. The quantitative estimate of drug-likeness (QED) is 0.477. The summed E-state index contributed by atoms with van der Waals surface area (Å²) in [6, 6.07) is 9.36. The predicted molar refractivity (Wildman–Crippen MR) is 124 cm³/mol. The Morgan fingerprint density at radius 2 is 2.15 bits per heavy atom. The van der Waals surface area contributed by atoms with E-state index in [-0.39, 0.29) is 24.7 Å². The minimum Gasteiger partial charge on any atom is -0.481 e. The SMILES string of the molecule is COc1ccc2nccc(C[C@H](O)[C@@H]3CC[C@@H](NCc4ccc5c(n4)NC(=O)CO5)CO3)c2n1. The summed E-state index contributed by atoms with van der Waals surface area (Å²) in [5.74, 6) is 1.35. The highest BCUT2D eigenvalue weighted by Crippen LogP contribution is 2.26. The number of aliphatic hydroxyl groups is 1. The van der Waals surface area contributed by atoms with Crippen LogP contribution in [0.15, 0.2) is 36.5 Å². The van der Waals surface area contributed by atoms with Gasteiger partial charge < -0.3 is 30.0 Å². The van der Waals surface area contributed by atoms with Crippen molar-refractivity contribution in [3.63, 3.8) is 0 Å². The predicted octanol–water partition coefficient (Wildman–Crippen LogP) is 1.61. The van der Waals surface area contributed by atoms with E-state index in [0.29, 0.717) is 37.0 Å². The Morgan fingerprint density at radius 1 is 1.24 bits per heavy atom. The zero-order chi connectivity index (χ0) is 23.5. The molecule has 3 atom stereocenters. The van der Waals surface area contributed by atoms with Gasteiger partial charge in [0, 0.05) is 31.3 Å². The molecule has 10 nitrogen and oxygen atoms in total. The first-order chi connectivity index (χ1) is 16.6. The molecule has 2 aliphatic heterocycles. The summed E-state index contributed by atoms with van der Waals surface area (Å²) in [6.45, 7) is 1.05. The number of ether oxygens (including phenoxy) is 3. The molecule has 178 valence electrons. The van der Waals surface area contributed by atoms with Crippen LogP contribution in [0.5, 0.6) is 11.6 Å². The van der Waals surface area contributed by atoms with Crippen molar-refractivity contribution in [2.45, 2.75) is 44.1 Å². The van der Waals surface area contributed by atoms with Crippen LogP contribution in [0, 0.1) is 0 Å². The van der Waals surface area contributed by atoms with Crippen LogP contribution in [0.3, 0.4) is 0 Å². The Balaban J connectivity index is 1.14. The Bertz CT molecular complexity index is 1180. The van der Waals surface area contributed by atoms with Crippen LogP contribution >= 0.6 is 0 Å². The lowest BCUT2D eigenvalue weighted by atomic mass is 9.96. The number of carbonyl (C=O) groups excluding carboxylic acids is 1. The fourth-order valence-corrected chi connectivity index (χ4v) is 4.28. The molecule has 3 aromatic rings. The largest absolute Gasteiger partial charge is 0.481 e. The van der Waals surface area contributed by atoms with Gasteiger partial charge in [-0.15, -0.1) is 0 Å². The van der Waals surface area contributed by atoms with Gasteiger partial charge in [0.1, 0.15) is 0 Å². The van der Waals surface area contributed by atoms with E-state index >= 15 is 0 Å². The second-order valence-corrected chi connectivity index (χ2v) is 8.48. The summed E-state index contributed by atoms with van der Waals surface area (Å²) in [6.07, 6.45) is 2.86. The van der Waals surface area contributed by atoms with Gasteiger partial charge in [-0.05, 0) is 42.7 Å². The van der Waals surface area contributed by atoms with Gasteiger partial charge in [0.05, 0.1) is 42.7 Å². The molecule has 34 heavy (non-hydrogen) atoms. The minimum absolute atomic E-state index is 0.0147. The van der Waals surface area contributed by atoms with Crippen molar-refractivity contribution in [2.24, 2.45) is 0 Å². The molecule has 1 fully saturated rings. The number of pyridine rings is 3. The number of hydrogen-bond acceptors (Lipinski definition) is 9. The number of methoxy groups -OCH3 is 1. The van der Waals surface area contributed by atoms with E-state index in [1.807, 2.05) is 24.3 Å². The molecular weight excluding hydrogens is 438 g/mol. The summed E-state index contributed by atoms with van der Waals surface area (Å²) in [4.78, 5) is 24.8. The van der Waals surface area contributed by atoms with Crippen molar-refractivity contribution in [2.75, 3.05) is 25.6 Å². The van der Waals surface area contributed by atoms with Crippen LogP contribution < -0.4 is 20.1 Å². The van der Waals surface area contributed by atoms with Gasteiger partial charge in [-0.25, -0.2) is 9.97 Å². The number of nitrogens with zero attached hydrogens (tertiary/aromatic N) is 3. The number of anilines is 1. The molecule has 0 aliphatic carbocycles. The van der Waals surface area contributed by atoms with Gasteiger partial charge in [-0.2, -0.15) is 0 Å². The van der Waals surface area contributed by atoms with E-state index in [0.717, 1.165) is 35.1 Å². The number of amides is 1. The molecule has 1 amide bonds. The molecule has 0 unspecified atom stereocenters. The van der Waals surface area contributed by atoms with E-state index in [1.54, 1.807) is 19.4 Å². The van der Waals surface area contributed by atoms with Gasteiger partial charge in [0.2, 0.25) is 5.88 Å². The average Bonchev–Trinajstić information content (AvgIpc) is 2.87. The average molecular weight is 466 g/mol. The number of fused-ring (bicyclic) bond motifs is 2. The third kappa shape index (κ3) is 4.93. The molecule has 0 spiro atoms. The lowest BCUT2D eigenvalue weighted by Crippen LogP contribution is -2.44. The van der Waals surface area contributed by atoms with Gasteiger partial charge in [0.15, 0.2) is 18.2 Å². The highest BCUT2D eigenvalue weighted by Gasteiger charge is 2.28. The molecule has 0 bridgehead atoms. The lowest BCUT2D eigenvalue weighted by Gasteiger charge is -2.32. The monoisotopic (exact) mass is 465 g/mol. The zero-order valence-electron chi connectivity index (χ0n) is 18.9. The summed E-state index contributed by atoms with van der Waals surface area (Å²) in [5.41, 5.74) is 3.21. The summed E-state index contributed by atoms with van der Waals surface area (Å²) < 4.78 is 16.6. The fraction of sp³-hybridized carbons (Fsp3) is 0.417. The molecule has 3 aromatic heterocycles. The van der Waals surface area contributed by atoms with Crippen LogP contribution in [-0.2, 0) is 22.5 Å². The Morgan fingerprint density at radius 3 is 2.97 bits per heavy atom. The summed E-state index contributed by atoms with van der Waals surface area (Å²) in [5, 5.41) is 17.0. The van der Waals surface area contributed by atoms with Crippen LogP contribution in [0.25, 0.3) is 11.0 Å². The maximum Gasteiger partial charge on any atom is 0.263 e. The number of carbonyl (C=O) groups is 1. The molecule has 0 radical (unpaired) electrons. The van der Waals surface area contributed by atoms with Gasteiger partial charge in [0.25, 0.3) is 5.91 Å². The lowest BCUT2D eigenvalue weighted by molar-refractivity contribution is -0.118. The molecule has 3 N–H and O–H groups in total. The van der Waals surface area contributed by atoms with Crippen molar-refractivity contribution in [3.8, 4) is 11.6 Å². The van der Waals surface area contributed by atoms with Crippen molar-refractivity contribution < 1.29 is 24.1 Å². The topological polar surface area (TPSA) is 128 Å². The van der Waals surface area contributed by atoms with Gasteiger partial charge in [-0.1, -0.05) is 0 Å². The smallest absolute Gasteiger partial charge is 0.263 e. The van der Waals surface area contributed by atoms with Crippen LogP contribution in [0.1, 0.15) is 24.1 Å². The molecular formula is C24H27N5O5. The van der Waals surface area contributed by atoms with Crippen molar-refractivity contribution in [3.05, 3.63) is 47.8 Å². The van der Waals surface area contributed by atoms with Crippen LogP contribution in [-0.4, -0.2) is 64.5 Å². The molecule has 1 saturated heterocycles. The van der Waals surface area contributed by atoms with Crippen molar-refractivity contribution in [1.29, 1.82) is 0 Å². The van der Waals surface area contributed by atoms with Crippen molar-refractivity contribution in [1.82, 2.24) is 20.3 Å². The number of aliphatic hydroxyl groups excluding tert-OH is 1. The van der Waals surface area contributed by atoms with Crippen molar-refractivity contribution >= 4 is 22.8 Å². The maximum atomic E-state index is 11.5. The highest BCUT2D eigenvalue weighted by molar-refractivity contribution is 5.94. The second kappa shape index (κ2) is 9.88. The number of nitrogens with one attached hydrogen (secondary N) is 2. The summed E-state index contributed by atoms with van der Waals surface area (Å²) in [7, 11) is 1.58. The van der Waals surface area contributed by atoms with Gasteiger partial charge >= 0.3 is 0 Å². The normalized spacial score (nSPS) is 20.8. The standard InChI is InChI=1S/C24H27N5O5/c1-32-22-7-4-17-23(29-22)14(8-9-25-17)10-18(30)19-5-3-16(12-33-19)26-11-15-2-6-20-24(27-15)28-21(31)13-34-20/h2,4,6-9,16,18-19,26,30H,3,5,10-13H2,1H3,(H,27,28,31)/t16-,18+,19+/m1/s1. The molecule has 0 saturated carbocycles. The molecule has 0 aromatic carbocycles. The Hall–Kier alpha value is -3.34. The first-order valence-electron chi connectivity index (χ1n) is 11.3. The highest BCUT2D eigenvalue weighted by atomic mass is 16.5. The Kier molecular flexibility index (Phi) is 6.52. The van der Waals surface area contributed by atoms with E-state index in [1.165, 1.54) is 0 Å². The zero-order valence-corrected chi connectivity index (χ0v) is 18.9. The third-order valence-electron chi connectivity index (χ3n) is 6.12. The third-order valence-corrected chi connectivity index (χ3v) is 6.12.